The van der Waals surface area contributed by atoms with Gasteiger partial charge < -0.3 is 0 Å². The molecule has 0 spiro atoms. The Morgan fingerprint density at radius 1 is 1.20 bits per heavy atom. The van der Waals surface area contributed by atoms with Crippen molar-refractivity contribution in [3.8, 4) is 6.07 Å². The number of nitrogens with zero attached hydrogens (tertiary/aromatic N) is 1. The maximum absolute atomic E-state index is 11.4. The van der Waals surface area contributed by atoms with Crippen LogP contribution in [0.4, 0.5) is 0 Å². The van der Waals surface area contributed by atoms with Crippen molar-refractivity contribution in [1.29, 1.82) is 5.26 Å². The van der Waals surface area contributed by atoms with Gasteiger partial charge in [0.25, 0.3) is 0 Å². The minimum absolute atomic E-state index is 0.266. The highest BCUT2D eigenvalue weighted by Gasteiger charge is 2.16. The van der Waals surface area contributed by atoms with Gasteiger partial charge in [0, 0.05) is 5.75 Å². The molecule has 0 aromatic rings. The number of hydrogen-bond donors (Lipinski definition) is 0. The SMILES string of the molecule is CCCS(=O)(=O)CCCCC(C)(C)C#N. The minimum Gasteiger partial charge on any atom is -0.229 e. The van der Waals surface area contributed by atoms with Gasteiger partial charge in [-0.3, -0.25) is 0 Å². The summed E-state index contributed by atoms with van der Waals surface area (Å²) in [4.78, 5) is 0. The molecule has 0 amide bonds. The van der Waals surface area contributed by atoms with Crippen molar-refractivity contribution in [2.24, 2.45) is 5.41 Å². The van der Waals surface area contributed by atoms with Crippen LogP contribution in [-0.4, -0.2) is 19.9 Å². The van der Waals surface area contributed by atoms with E-state index in [1.807, 2.05) is 20.8 Å². The number of unbranched alkanes of at least 4 members (excludes halogenated alkanes) is 1. The van der Waals surface area contributed by atoms with Crippen LogP contribution in [0.25, 0.3) is 0 Å². The predicted molar refractivity (Wildman–Crippen MR) is 62.2 cm³/mol. The van der Waals surface area contributed by atoms with Crippen LogP contribution in [0.3, 0.4) is 0 Å². The van der Waals surface area contributed by atoms with Crippen molar-refractivity contribution in [2.45, 2.75) is 46.5 Å². The highest BCUT2D eigenvalue weighted by molar-refractivity contribution is 7.91. The molecule has 15 heavy (non-hydrogen) atoms. The topological polar surface area (TPSA) is 57.9 Å². The van der Waals surface area contributed by atoms with E-state index in [-0.39, 0.29) is 16.9 Å². The molecule has 0 bridgehead atoms. The van der Waals surface area contributed by atoms with E-state index in [2.05, 4.69) is 6.07 Å². The van der Waals surface area contributed by atoms with Gasteiger partial charge in [-0.05, 0) is 33.1 Å². The van der Waals surface area contributed by atoms with Gasteiger partial charge in [-0.2, -0.15) is 5.26 Å². The van der Waals surface area contributed by atoms with Crippen molar-refractivity contribution in [3.05, 3.63) is 0 Å². The molecule has 0 aromatic heterocycles. The van der Waals surface area contributed by atoms with E-state index in [9.17, 15) is 8.42 Å². The van der Waals surface area contributed by atoms with E-state index < -0.39 is 9.84 Å². The van der Waals surface area contributed by atoms with Crippen molar-refractivity contribution in [3.63, 3.8) is 0 Å². The Labute approximate surface area is 93.4 Å². The van der Waals surface area contributed by atoms with Gasteiger partial charge in [-0.25, -0.2) is 8.42 Å². The molecule has 0 heterocycles. The second kappa shape index (κ2) is 6.12. The first-order valence-corrected chi connectivity index (χ1v) is 7.27. The van der Waals surface area contributed by atoms with E-state index in [1.165, 1.54) is 0 Å². The third kappa shape index (κ3) is 7.38. The molecule has 0 unspecified atom stereocenters. The monoisotopic (exact) mass is 231 g/mol. The summed E-state index contributed by atoms with van der Waals surface area (Å²) in [7, 11) is -2.84. The highest BCUT2D eigenvalue weighted by atomic mass is 32.2. The summed E-state index contributed by atoms with van der Waals surface area (Å²) < 4.78 is 22.7. The van der Waals surface area contributed by atoms with Crippen LogP contribution in [0, 0.1) is 16.7 Å². The lowest BCUT2D eigenvalue weighted by Gasteiger charge is -2.14. The molecule has 0 radical (unpaired) electrons. The molecule has 0 saturated carbocycles. The van der Waals surface area contributed by atoms with Gasteiger partial charge in [-0.15, -0.1) is 0 Å². The van der Waals surface area contributed by atoms with Gasteiger partial charge in [0.05, 0.1) is 17.2 Å². The quantitative estimate of drug-likeness (QED) is 0.633. The number of sulfone groups is 1. The smallest absolute Gasteiger partial charge is 0.150 e. The molecule has 0 fully saturated rings. The summed E-state index contributed by atoms with van der Waals surface area (Å²) in [5.41, 5.74) is -0.325. The van der Waals surface area contributed by atoms with Crippen LogP contribution < -0.4 is 0 Å². The second-order valence-electron chi connectivity index (χ2n) is 4.60. The molecule has 0 rings (SSSR count). The molecule has 4 heteroatoms. The maximum Gasteiger partial charge on any atom is 0.150 e. The zero-order valence-corrected chi connectivity index (χ0v) is 10.7. The summed E-state index contributed by atoms with van der Waals surface area (Å²) in [6.45, 7) is 5.64. The van der Waals surface area contributed by atoms with E-state index in [4.69, 9.17) is 5.26 Å². The Bertz CT molecular complexity index is 312. The summed E-state index contributed by atoms with van der Waals surface area (Å²) >= 11 is 0. The fourth-order valence-corrected chi connectivity index (χ4v) is 2.83. The Morgan fingerprint density at radius 2 is 1.80 bits per heavy atom. The van der Waals surface area contributed by atoms with E-state index in [0.717, 1.165) is 12.8 Å². The van der Waals surface area contributed by atoms with Crippen LogP contribution in [0.1, 0.15) is 46.5 Å². The number of nitriles is 1. The lowest BCUT2D eigenvalue weighted by molar-refractivity contribution is 0.431. The third-order valence-corrected chi connectivity index (χ3v) is 4.27. The zero-order chi connectivity index (χ0) is 11.9. The molecule has 0 N–H and O–H groups in total. The van der Waals surface area contributed by atoms with Crippen LogP contribution in [0.15, 0.2) is 0 Å². The lowest BCUT2D eigenvalue weighted by atomic mass is 9.89. The molecular weight excluding hydrogens is 210 g/mol. The maximum atomic E-state index is 11.4. The van der Waals surface area contributed by atoms with E-state index in [1.54, 1.807) is 0 Å². The molecular formula is C11H21NO2S. The molecule has 0 saturated heterocycles. The first-order chi connectivity index (χ1) is 6.83. The fraction of sp³-hybridized carbons (Fsp3) is 0.909. The Morgan fingerprint density at radius 3 is 2.27 bits per heavy atom. The fourth-order valence-electron chi connectivity index (χ4n) is 1.36. The number of hydrogen-bond acceptors (Lipinski definition) is 3. The molecule has 88 valence electrons. The summed E-state index contributed by atoms with van der Waals surface area (Å²) in [6.07, 6.45) is 2.94. The van der Waals surface area contributed by atoms with Crippen LogP contribution in [-0.2, 0) is 9.84 Å². The van der Waals surface area contributed by atoms with E-state index in [0.29, 0.717) is 12.8 Å². The molecule has 0 aliphatic rings. The largest absolute Gasteiger partial charge is 0.229 e. The average Bonchev–Trinajstić information content (AvgIpc) is 2.13. The lowest BCUT2D eigenvalue weighted by Crippen LogP contribution is -2.12. The number of rotatable bonds is 7. The molecule has 0 aliphatic heterocycles. The van der Waals surface area contributed by atoms with Gasteiger partial charge in [0.1, 0.15) is 9.84 Å². The van der Waals surface area contributed by atoms with Crippen molar-refractivity contribution < 1.29 is 8.42 Å². The second-order valence-corrected chi connectivity index (χ2v) is 6.91. The Kier molecular flexibility index (Phi) is 5.89. The van der Waals surface area contributed by atoms with Crippen LogP contribution in [0.2, 0.25) is 0 Å². The molecule has 0 atom stereocenters. The summed E-state index contributed by atoms with van der Waals surface area (Å²) in [5.74, 6) is 0.553. The summed E-state index contributed by atoms with van der Waals surface area (Å²) in [6, 6.07) is 2.21. The van der Waals surface area contributed by atoms with Crippen LogP contribution in [0.5, 0.6) is 0 Å². The first-order valence-electron chi connectivity index (χ1n) is 5.44. The third-order valence-electron chi connectivity index (χ3n) is 2.32. The molecule has 3 nitrogen and oxygen atoms in total. The van der Waals surface area contributed by atoms with Crippen LogP contribution >= 0.6 is 0 Å². The van der Waals surface area contributed by atoms with Gasteiger partial charge in [0.2, 0.25) is 0 Å². The van der Waals surface area contributed by atoms with Crippen molar-refractivity contribution >= 4 is 9.84 Å². The minimum atomic E-state index is -2.84. The summed E-state index contributed by atoms with van der Waals surface area (Å²) in [5, 5.41) is 8.77. The van der Waals surface area contributed by atoms with Crippen molar-refractivity contribution in [1.82, 2.24) is 0 Å². The highest BCUT2D eigenvalue weighted by Crippen LogP contribution is 2.21. The normalized spacial score (nSPS) is 12.4. The predicted octanol–water partition coefficient (Wildman–Crippen LogP) is 2.53. The van der Waals surface area contributed by atoms with Crippen molar-refractivity contribution in [2.75, 3.05) is 11.5 Å². The zero-order valence-electron chi connectivity index (χ0n) is 9.91. The Balaban J connectivity index is 3.78. The van der Waals surface area contributed by atoms with Gasteiger partial charge in [0.15, 0.2) is 0 Å². The molecule has 0 aromatic carbocycles. The Hall–Kier alpha value is -0.560. The van der Waals surface area contributed by atoms with E-state index >= 15 is 0 Å². The van der Waals surface area contributed by atoms with Gasteiger partial charge >= 0.3 is 0 Å². The molecule has 0 aliphatic carbocycles. The first kappa shape index (κ1) is 14.4. The standard InChI is InChI=1S/C11H21NO2S/c1-4-8-15(13,14)9-6-5-7-11(2,3)10-12/h4-9H2,1-3H3. The van der Waals surface area contributed by atoms with Gasteiger partial charge in [-0.1, -0.05) is 13.3 Å². The average molecular weight is 231 g/mol.